The van der Waals surface area contributed by atoms with Crippen LogP contribution >= 0.6 is 0 Å². The zero-order valence-electron chi connectivity index (χ0n) is 9.95. The number of hydrogen-bond acceptors (Lipinski definition) is 3. The van der Waals surface area contributed by atoms with Gasteiger partial charge in [0.25, 0.3) is 0 Å². The molecule has 0 aliphatic carbocycles. The van der Waals surface area contributed by atoms with E-state index in [-0.39, 0.29) is 6.61 Å². The molecule has 0 radical (unpaired) electrons. The summed E-state index contributed by atoms with van der Waals surface area (Å²) in [5.74, 6) is -1.08. The van der Waals surface area contributed by atoms with E-state index >= 15 is 0 Å². The summed E-state index contributed by atoms with van der Waals surface area (Å²) in [6.45, 7) is 8.88. The number of rotatable bonds is 5. The van der Waals surface area contributed by atoms with Gasteiger partial charge in [-0.1, -0.05) is 26.8 Å². The van der Waals surface area contributed by atoms with Gasteiger partial charge in [-0.3, -0.25) is 0 Å². The Morgan fingerprint density at radius 3 is 2.44 bits per heavy atom. The topological polar surface area (TPSA) is 75.6 Å². The number of carboxylic acids is 1. The van der Waals surface area contributed by atoms with Crippen molar-refractivity contribution in [2.75, 3.05) is 6.61 Å². The van der Waals surface area contributed by atoms with Gasteiger partial charge in [-0.2, -0.15) is 0 Å². The molecule has 5 heteroatoms. The first kappa shape index (κ1) is 14.5. The van der Waals surface area contributed by atoms with Gasteiger partial charge in [-0.15, -0.1) is 6.58 Å². The summed E-state index contributed by atoms with van der Waals surface area (Å²) in [7, 11) is 0. The molecule has 0 saturated carbocycles. The van der Waals surface area contributed by atoms with Crippen LogP contribution < -0.4 is 5.32 Å². The van der Waals surface area contributed by atoms with E-state index in [1.165, 1.54) is 0 Å². The van der Waals surface area contributed by atoms with Gasteiger partial charge in [0.1, 0.15) is 6.04 Å². The Morgan fingerprint density at radius 1 is 1.50 bits per heavy atom. The number of aliphatic carboxylic acids is 1. The summed E-state index contributed by atoms with van der Waals surface area (Å²) >= 11 is 0. The molecule has 0 saturated heterocycles. The van der Waals surface area contributed by atoms with Gasteiger partial charge in [0, 0.05) is 0 Å². The van der Waals surface area contributed by atoms with Crippen LogP contribution in [0.5, 0.6) is 0 Å². The third-order valence-corrected chi connectivity index (χ3v) is 1.93. The van der Waals surface area contributed by atoms with E-state index in [1.54, 1.807) is 26.8 Å². The molecule has 0 bridgehead atoms. The predicted octanol–water partition coefficient (Wildman–Crippen LogP) is 1.79. The van der Waals surface area contributed by atoms with Gasteiger partial charge in [0.15, 0.2) is 0 Å². The fourth-order valence-electron chi connectivity index (χ4n) is 1.04. The maximum atomic E-state index is 11.2. The van der Waals surface area contributed by atoms with Crippen molar-refractivity contribution in [3.8, 4) is 0 Å². The second-order valence-corrected chi connectivity index (χ2v) is 4.49. The van der Waals surface area contributed by atoms with E-state index in [9.17, 15) is 9.59 Å². The predicted molar refractivity (Wildman–Crippen MR) is 60.2 cm³/mol. The Bertz CT molecular complexity index is 268. The van der Waals surface area contributed by atoms with Crippen LogP contribution in [0.3, 0.4) is 0 Å². The molecule has 1 amide bonds. The van der Waals surface area contributed by atoms with Crippen LogP contribution in [0.1, 0.15) is 27.2 Å². The molecule has 0 rings (SSSR count). The third-order valence-electron chi connectivity index (χ3n) is 1.93. The Morgan fingerprint density at radius 2 is 2.06 bits per heavy atom. The van der Waals surface area contributed by atoms with E-state index in [1.807, 2.05) is 0 Å². The lowest BCUT2D eigenvalue weighted by Crippen LogP contribution is -2.49. The average Bonchev–Trinajstić information content (AvgIpc) is 2.12. The van der Waals surface area contributed by atoms with Crippen LogP contribution in [-0.2, 0) is 9.53 Å². The summed E-state index contributed by atoms with van der Waals surface area (Å²) in [6, 6.07) is -0.969. The standard InChI is InChI=1S/C11H19NO4/c1-5-6-7-16-10(15)12-8(9(13)14)11(2,3)4/h5,8H,1,6-7H2,2-4H3,(H,12,15)(H,13,14)/t8-/m1/s1. The van der Waals surface area contributed by atoms with Crippen LogP contribution in [0.2, 0.25) is 0 Å². The van der Waals surface area contributed by atoms with Crippen molar-refractivity contribution in [3.05, 3.63) is 12.7 Å². The molecule has 0 aliphatic heterocycles. The van der Waals surface area contributed by atoms with E-state index in [0.29, 0.717) is 6.42 Å². The van der Waals surface area contributed by atoms with Crippen molar-refractivity contribution >= 4 is 12.1 Å². The highest BCUT2D eigenvalue weighted by molar-refractivity contribution is 5.80. The Labute approximate surface area is 95.5 Å². The van der Waals surface area contributed by atoms with Gasteiger partial charge in [-0.05, 0) is 11.8 Å². The molecule has 2 N–H and O–H groups in total. The number of nitrogens with one attached hydrogen (secondary N) is 1. The van der Waals surface area contributed by atoms with Gasteiger partial charge in [-0.25, -0.2) is 9.59 Å². The van der Waals surface area contributed by atoms with Crippen molar-refractivity contribution in [2.45, 2.75) is 33.2 Å². The number of hydrogen-bond donors (Lipinski definition) is 2. The molecule has 0 spiro atoms. The van der Waals surface area contributed by atoms with Gasteiger partial charge < -0.3 is 15.2 Å². The summed E-state index contributed by atoms with van der Waals surface area (Å²) in [5, 5.41) is 11.3. The molecule has 0 aromatic rings. The molecule has 0 fully saturated rings. The number of carbonyl (C=O) groups excluding carboxylic acids is 1. The number of carbonyl (C=O) groups is 2. The quantitative estimate of drug-likeness (QED) is 0.556. The van der Waals surface area contributed by atoms with Crippen LogP contribution in [-0.4, -0.2) is 29.8 Å². The van der Waals surface area contributed by atoms with Gasteiger partial charge in [0.2, 0.25) is 0 Å². The Kier molecular flexibility index (Phi) is 5.56. The van der Waals surface area contributed by atoms with E-state index < -0.39 is 23.5 Å². The summed E-state index contributed by atoms with van der Waals surface area (Å²) < 4.78 is 4.77. The molecule has 0 heterocycles. The van der Waals surface area contributed by atoms with E-state index in [4.69, 9.17) is 9.84 Å². The lowest BCUT2D eigenvalue weighted by atomic mass is 9.87. The van der Waals surface area contributed by atoms with Crippen molar-refractivity contribution < 1.29 is 19.4 Å². The smallest absolute Gasteiger partial charge is 0.407 e. The van der Waals surface area contributed by atoms with Crippen LogP contribution in [0, 0.1) is 5.41 Å². The zero-order valence-corrected chi connectivity index (χ0v) is 9.95. The average molecular weight is 229 g/mol. The maximum absolute atomic E-state index is 11.2. The van der Waals surface area contributed by atoms with E-state index in [2.05, 4.69) is 11.9 Å². The monoisotopic (exact) mass is 229 g/mol. The van der Waals surface area contributed by atoms with Crippen molar-refractivity contribution in [1.29, 1.82) is 0 Å². The molecule has 0 unspecified atom stereocenters. The largest absolute Gasteiger partial charge is 0.480 e. The molecule has 92 valence electrons. The third kappa shape index (κ3) is 5.38. The molecule has 0 aromatic carbocycles. The number of alkyl carbamates (subject to hydrolysis) is 1. The SMILES string of the molecule is C=CCCOC(=O)N[C@H](C(=O)O)C(C)(C)C. The van der Waals surface area contributed by atoms with Crippen LogP contribution in [0.25, 0.3) is 0 Å². The molecule has 5 nitrogen and oxygen atoms in total. The zero-order chi connectivity index (χ0) is 12.8. The number of amides is 1. The summed E-state index contributed by atoms with van der Waals surface area (Å²) in [4.78, 5) is 22.2. The molecule has 1 atom stereocenters. The van der Waals surface area contributed by atoms with Crippen LogP contribution in [0.15, 0.2) is 12.7 Å². The van der Waals surface area contributed by atoms with Gasteiger partial charge >= 0.3 is 12.1 Å². The number of ether oxygens (including phenoxy) is 1. The fourth-order valence-corrected chi connectivity index (χ4v) is 1.04. The molecular weight excluding hydrogens is 210 g/mol. The minimum atomic E-state index is -1.08. The normalized spacial score (nSPS) is 12.7. The second kappa shape index (κ2) is 6.15. The first-order valence-corrected chi connectivity index (χ1v) is 5.06. The highest BCUT2D eigenvalue weighted by atomic mass is 16.5. The van der Waals surface area contributed by atoms with Crippen molar-refractivity contribution in [3.63, 3.8) is 0 Å². The Hall–Kier alpha value is -1.52. The van der Waals surface area contributed by atoms with Gasteiger partial charge in [0.05, 0.1) is 6.61 Å². The lowest BCUT2D eigenvalue weighted by molar-refractivity contribution is -0.142. The number of carboxylic acid groups (broad SMARTS) is 1. The second-order valence-electron chi connectivity index (χ2n) is 4.49. The Balaban J connectivity index is 4.25. The first-order chi connectivity index (χ1) is 7.29. The van der Waals surface area contributed by atoms with Crippen LogP contribution in [0.4, 0.5) is 4.79 Å². The lowest BCUT2D eigenvalue weighted by Gasteiger charge is -2.27. The minimum Gasteiger partial charge on any atom is -0.480 e. The molecule has 0 aliphatic rings. The summed E-state index contributed by atoms with van der Waals surface area (Å²) in [5.41, 5.74) is -0.566. The highest BCUT2D eigenvalue weighted by Crippen LogP contribution is 2.19. The summed E-state index contributed by atoms with van der Waals surface area (Å²) in [6.07, 6.45) is 1.44. The first-order valence-electron chi connectivity index (χ1n) is 5.06. The molecule has 0 aromatic heterocycles. The molecule has 16 heavy (non-hydrogen) atoms. The highest BCUT2D eigenvalue weighted by Gasteiger charge is 2.32. The van der Waals surface area contributed by atoms with E-state index in [0.717, 1.165) is 0 Å². The maximum Gasteiger partial charge on any atom is 0.407 e. The van der Waals surface area contributed by atoms with Crippen molar-refractivity contribution in [2.24, 2.45) is 5.41 Å². The molecular formula is C11H19NO4. The minimum absolute atomic E-state index is 0.200. The fraction of sp³-hybridized carbons (Fsp3) is 0.636. The van der Waals surface area contributed by atoms with Crippen molar-refractivity contribution in [1.82, 2.24) is 5.32 Å².